The number of aromatic nitrogens is 3. The molecule has 1 fully saturated rings. The average molecular weight is 434 g/mol. The quantitative estimate of drug-likeness (QED) is 0.428. The monoisotopic (exact) mass is 434 g/mol. The molecule has 1 saturated carbocycles. The van der Waals surface area contributed by atoms with Gasteiger partial charge in [0.2, 0.25) is 0 Å². The minimum absolute atomic E-state index is 0.0194. The standard InChI is InChI=1S/C24H20F2N4O2/c25-16-7-5-15(6-8-16)22-23(30(14-28-22)17-3-1-2-4-17)20-9-10-21(32-20)24(31)29-19-11-12-27-13-18(19)26/h5-14,17H,1-4H2,(H,27,29,31). The van der Waals surface area contributed by atoms with Crippen molar-refractivity contribution in [2.45, 2.75) is 31.7 Å². The summed E-state index contributed by atoms with van der Waals surface area (Å²) in [7, 11) is 0. The number of imidazole rings is 1. The zero-order chi connectivity index (χ0) is 22.1. The summed E-state index contributed by atoms with van der Waals surface area (Å²) >= 11 is 0. The number of carbonyl (C=O) groups is 1. The van der Waals surface area contributed by atoms with Crippen LogP contribution >= 0.6 is 0 Å². The van der Waals surface area contributed by atoms with Gasteiger partial charge in [-0.3, -0.25) is 9.78 Å². The summed E-state index contributed by atoms with van der Waals surface area (Å²) in [4.78, 5) is 20.9. The Balaban J connectivity index is 1.52. The van der Waals surface area contributed by atoms with Crippen molar-refractivity contribution < 1.29 is 18.0 Å². The molecular weight excluding hydrogens is 414 g/mol. The molecule has 5 rings (SSSR count). The lowest BCUT2D eigenvalue weighted by Gasteiger charge is -2.15. The number of carbonyl (C=O) groups excluding carboxylic acids is 1. The Morgan fingerprint density at radius 2 is 1.84 bits per heavy atom. The van der Waals surface area contributed by atoms with Gasteiger partial charge < -0.3 is 14.3 Å². The van der Waals surface area contributed by atoms with Crippen LogP contribution in [0.4, 0.5) is 14.5 Å². The second-order valence-corrected chi connectivity index (χ2v) is 7.77. The normalized spacial score (nSPS) is 14.1. The average Bonchev–Trinajstić information content (AvgIpc) is 3.55. The van der Waals surface area contributed by atoms with Crippen LogP contribution in [0.1, 0.15) is 42.3 Å². The van der Waals surface area contributed by atoms with E-state index >= 15 is 0 Å². The first-order valence-electron chi connectivity index (χ1n) is 10.4. The highest BCUT2D eigenvalue weighted by Gasteiger charge is 2.26. The molecule has 6 nitrogen and oxygen atoms in total. The van der Waals surface area contributed by atoms with E-state index in [4.69, 9.17) is 4.42 Å². The van der Waals surface area contributed by atoms with Crippen LogP contribution in [0.3, 0.4) is 0 Å². The van der Waals surface area contributed by atoms with Crippen molar-refractivity contribution in [3.63, 3.8) is 0 Å². The molecule has 0 radical (unpaired) electrons. The molecule has 0 aliphatic heterocycles. The van der Waals surface area contributed by atoms with Crippen LogP contribution in [0.25, 0.3) is 22.7 Å². The molecule has 0 saturated heterocycles. The van der Waals surface area contributed by atoms with E-state index in [9.17, 15) is 13.6 Å². The number of furan rings is 1. The summed E-state index contributed by atoms with van der Waals surface area (Å²) in [6.07, 6.45) is 8.52. The molecule has 162 valence electrons. The Bertz CT molecular complexity index is 1260. The second kappa shape index (κ2) is 8.37. The number of halogens is 2. The largest absolute Gasteiger partial charge is 0.449 e. The number of anilines is 1. The SMILES string of the molecule is O=C(Nc1ccncc1F)c1ccc(-c2c(-c3ccc(F)cc3)ncn2C2CCCC2)o1. The highest BCUT2D eigenvalue weighted by molar-refractivity contribution is 6.02. The number of rotatable bonds is 5. The lowest BCUT2D eigenvalue weighted by Crippen LogP contribution is -2.12. The summed E-state index contributed by atoms with van der Waals surface area (Å²) in [6.45, 7) is 0. The van der Waals surface area contributed by atoms with Gasteiger partial charge in [0, 0.05) is 17.8 Å². The van der Waals surface area contributed by atoms with Gasteiger partial charge in [-0.05, 0) is 55.3 Å². The first-order valence-corrected chi connectivity index (χ1v) is 10.4. The maximum Gasteiger partial charge on any atom is 0.291 e. The highest BCUT2D eigenvalue weighted by atomic mass is 19.1. The van der Waals surface area contributed by atoms with Crippen molar-refractivity contribution in [2.75, 3.05) is 5.32 Å². The maximum atomic E-state index is 13.8. The van der Waals surface area contributed by atoms with Crippen molar-refractivity contribution in [2.24, 2.45) is 0 Å². The second-order valence-electron chi connectivity index (χ2n) is 7.77. The number of pyridine rings is 1. The summed E-state index contributed by atoms with van der Waals surface area (Å²) in [6, 6.07) is 11.0. The molecular formula is C24H20F2N4O2. The molecule has 32 heavy (non-hydrogen) atoms. The molecule has 1 amide bonds. The Labute approximate surface area is 182 Å². The molecule has 0 atom stereocenters. The van der Waals surface area contributed by atoms with E-state index in [0.717, 1.165) is 43.1 Å². The minimum Gasteiger partial charge on any atom is -0.449 e. The first-order chi connectivity index (χ1) is 15.6. The third-order valence-corrected chi connectivity index (χ3v) is 5.71. The van der Waals surface area contributed by atoms with E-state index < -0.39 is 11.7 Å². The van der Waals surface area contributed by atoms with Crippen molar-refractivity contribution in [3.8, 4) is 22.7 Å². The highest BCUT2D eigenvalue weighted by Crippen LogP contribution is 2.39. The van der Waals surface area contributed by atoms with Gasteiger partial charge in [-0.1, -0.05) is 12.8 Å². The molecule has 3 aromatic heterocycles. The Kier molecular flexibility index (Phi) is 5.26. The van der Waals surface area contributed by atoms with Gasteiger partial charge in [-0.15, -0.1) is 0 Å². The summed E-state index contributed by atoms with van der Waals surface area (Å²) in [5.41, 5.74) is 2.15. The molecule has 0 bridgehead atoms. The minimum atomic E-state index is -0.634. The number of nitrogens with one attached hydrogen (secondary N) is 1. The lowest BCUT2D eigenvalue weighted by atomic mass is 10.1. The van der Waals surface area contributed by atoms with E-state index in [-0.39, 0.29) is 23.3 Å². The number of amides is 1. The predicted octanol–water partition coefficient (Wildman–Crippen LogP) is 5.85. The van der Waals surface area contributed by atoms with E-state index in [1.54, 1.807) is 30.6 Å². The zero-order valence-electron chi connectivity index (χ0n) is 17.1. The fourth-order valence-corrected chi connectivity index (χ4v) is 4.13. The van der Waals surface area contributed by atoms with Crippen LogP contribution in [0.2, 0.25) is 0 Å². The molecule has 1 aromatic carbocycles. The third-order valence-electron chi connectivity index (χ3n) is 5.71. The molecule has 3 heterocycles. The Morgan fingerprint density at radius 3 is 2.59 bits per heavy atom. The number of hydrogen-bond acceptors (Lipinski definition) is 4. The first kappa shape index (κ1) is 20.1. The van der Waals surface area contributed by atoms with Crippen molar-refractivity contribution in [3.05, 3.63) is 78.6 Å². The molecule has 0 spiro atoms. The zero-order valence-corrected chi connectivity index (χ0v) is 17.1. The van der Waals surface area contributed by atoms with Gasteiger partial charge in [-0.2, -0.15) is 0 Å². The van der Waals surface area contributed by atoms with Gasteiger partial charge >= 0.3 is 0 Å². The smallest absolute Gasteiger partial charge is 0.291 e. The van der Waals surface area contributed by atoms with Gasteiger partial charge in [-0.25, -0.2) is 13.8 Å². The number of hydrogen-bond donors (Lipinski definition) is 1. The Hall–Kier alpha value is -3.81. The summed E-state index contributed by atoms with van der Waals surface area (Å²) in [5, 5.41) is 2.50. The molecule has 8 heteroatoms. The molecule has 0 unspecified atom stereocenters. The molecule has 4 aromatic rings. The van der Waals surface area contributed by atoms with E-state index in [2.05, 4.69) is 19.9 Å². The molecule has 1 aliphatic carbocycles. The van der Waals surface area contributed by atoms with Crippen molar-refractivity contribution in [1.82, 2.24) is 14.5 Å². The fourth-order valence-electron chi connectivity index (χ4n) is 4.13. The van der Waals surface area contributed by atoms with E-state index in [0.29, 0.717) is 11.5 Å². The van der Waals surface area contributed by atoms with Crippen LogP contribution in [-0.4, -0.2) is 20.4 Å². The van der Waals surface area contributed by atoms with Crippen LogP contribution in [0, 0.1) is 11.6 Å². The van der Waals surface area contributed by atoms with Gasteiger partial charge in [0.25, 0.3) is 5.91 Å². The summed E-state index contributed by atoms with van der Waals surface area (Å²) < 4.78 is 35.3. The molecule has 1 N–H and O–H groups in total. The Morgan fingerprint density at radius 1 is 1.06 bits per heavy atom. The topological polar surface area (TPSA) is 73.0 Å². The van der Waals surface area contributed by atoms with E-state index in [1.165, 1.54) is 24.4 Å². The van der Waals surface area contributed by atoms with Crippen LogP contribution < -0.4 is 5.32 Å². The van der Waals surface area contributed by atoms with Gasteiger partial charge in [0.15, 0.2) is 17.3 Å². The van der Waals surface area contributed by atoms with Crippen LogP contribution in [0.15, 0.2) is 65.6 Å². The number of benzene rings is 1. The fraction of sp³-hybridized carbons (Fsp3) is 0.208. The van der Waals surface area contributed by atoms with Crippen LogP contribution in [0.5, 0.6) is 0 Å². The van der Waals surface area contributed by atoms with Crippen molar-refractivity contribution >= 4 is 11.6 Å². The van der Waals surface area contributed by atoms with Gasteiger partial charge in [0.1, 0.15) is 11.5 Å². The van der Waals surface area contributed by atoms with Crippen LogP contribution in [-0.2, 0) is 0 Å². The molecule has 1 aliphatic rings. The third kappa shape index (κ3) is 3.79. The maximum absolute atomic E-state index is 13.8. The predicted molar refractivity (Wildman–Crippen MR) is 115 cm³/mol. The van der Waals surface area contributed by atoms with Gasteiger partial charge in [0.05, 0.1) is 23.9 Å². The summed E-state index contributed by atoms with van der Waals surface area (Å²) in [5.74, 6) is -1.03. The van der Waals surface area contributed by atoms with Crippen molar-refractivity contribution in [1.29, 1.82) is 0 Å². The van der Waals surface area contributed by atoms with E-state index in [1.807, 2.05) is 0 Å². The number of nitrogens with zero attached hydrogens (tertiary/aromatic N) is 3. The lowest BCUT2D eigenvalue weighted by molar-refractivity contribution is 0.0997.